The molecule has 0 radical (unpaired) electrons. The van der Waals surface area contributed by atoms with Crippen LogP contribution < -0.4 is 15.4 Å². The minimum Gasteiger partial charge on any atom is -0.479 e. The van der Waals surface area contributed by atoms with Gasteiger partial charge >= 0.3 is 0 Å². The van der Waals surface area contributed by atoms with E-state index in [0.717, 1.165) is 17.0 Å². The summed E-state index contributed by atoms with van der Waals surface area (Å²) in [5.74, 6) is 0.635. The SMILES string of the molecule is CNC(C)(C)c1ccc2c(c1)OC(C)C(=O)N2. The minimum absolute atomic E-state index is 0.0990. The molecule has 4 nitrogen and oxygen atoms in total. The van der Waals surface area contributed by atoms with Crippen molar-refractivity contribution in [2.75, 3.05) is 12.4 Å². The maximum Gasteiger partial charge on any atom is 0.265 e. The summed E-state index contributed by atoms with van der Waals surface area (Å²) in [5, 5.41) is 6.06. The summed E-state index contributed by atoms with van der Waals surface area (Å²) >= 11 is 0. The highest BCUT2D eigenvalue weighted by atomic mass is 16.5. The molecule has 2 N–H and O–H groups in total. The normalized spacial score (nSPS) is 19.3. The van der Waals surface area contributed by atoms with Crippen LogP contribution in [0.15, 0.2) is 18.2 Å². The lowest BCUT2D eigenvalue weighted by molar-refractivity contribution is -0.122. The van der Waals surface area contributed by atoms with Gasteiger partial charge in [-0.25, -0.2) is 0 Å². The van der Waals surface area contributed by atoms with Crippen molar-refractivity contribution in [3.05, 3.63) is 23.8 Å². The van der Waals surface area contributed by atoms with E-state index in [9.17, 15) is 4.79 Å². The Hall–Kier alpha value is -1.55. The zero-order valence-electron chi connectivity index (χ0n) is 10.6. The van der Waals surface area contributed by atoms with Gasteiger partial charge in [-0.2, -0.15) is 0 Å². The first-order chi connectivity index (χ1) is 7.94. The van der Waals surface area contributed by atoms with E-state index in [-0.39, 0.29) is 11.4 Å². The Morgan fingerprint density at radius 3 is 2.76 bits per heavy atom. The Morgan fingerprint density at radius 2 is 2.12 bits per heavy atom. The maximum absolute atomic E-state index is 11.4. The van der Waals surface area contributed by atoms with Crippen LogP contribution in [0, 0.1) is 0 Å². The predicted molar refractivity (Wildman–Crippen MR) is 67.2 cm³/mol. The van der Waals surface area contributed by atoms with Crippen LogP contribution in [0.1, 0.15) is 26.3 Å². The second kappa shape index (κ2) is 4.04. The van der Waals surface area contributed by atoms with E-state index >= 15 is 0 Å². The van der Waals surface area contributed by atoms with Crippen molar-refractivity contribution in [3.8, 4) is 5.75 Å². The van der Waals surface area contributed by atoms with Crippen molar-refractivity contribution in [1.82, 2.24) is 5.32 Å². The molecular formula is C13H18N2O2. The molecule has 2 rings (SSSR count). The van der Waals surface area contributed by atoms with E-state index in [1.54, 1.807) is 6.92 Å². The molecular weight excluding hydrogens is 216 g/mol. The average molecular weight is 234 g/mol. The second-order valence-electron chi connectivity index (χ2n) is 4.84. The lowest BCUT2D eigenvalue weighted by Crippen LogP contribution is -2.36. The summed E-state index contributed by atoms with van der Waals surface area (Å²) in [6.07, 6.45) is -0.435. The van der Waals surface area contributed by atoms with Gasteiger partial charge in [-0.1, -0.05) is 6.07 Å². The predicted octanol–water partition coefficient (Wildman–Crippen LogP) is 1.86. The van der Waals surface area contributed by atoms with Gasteiger partial charge < -0.3 is 15.4 Å². The second-order valence-corrected chi connectivity index (χ2v) is 4.84. The molecule has 0 bridgehead atoms. The summed E-state index contributed by atoms with van der Waals surface area (Å²) in [5.41, 5.74) is 1.74. The Morgan fingerprint density at radius 1 is 1.41 bits per heavy atom. The molecule has 92 valence electrons. The van der Waals surface area contributed by atoms with E-state index in [0.29, 0.717) is 0 Å². The Balaban J connectivity index is 2.38. The number of hydrogen-bond acceptors (Lipinski definition) is 3. The quantitative estimate of drug-likeness (QED) is 0.821. The standard InChI is InChI=1S/C13H18N2O2/c1-8-12(16)15-10-6-5-9(7-11(10)17-8)13(2,3)14-4/h5-8,14H,1-4H3,(H,15,16). The molecule has 17 heavy (non-hydrogen) atoms. The number of anilines is 1. The summed E-state index contributed by atoms with van der Waals surface area (Å²) in [7, 11) is 1.92. The summed E-state index contributed by atoms with van der Waals surface area (Å²) in [6.45, 7) is 5.94. The van der Waals surface area contributed by atoms with Gasteiger partial charge in [-0.05, 0) is 45.5 Å². The van der Waals surface area contributed by atoms with Crippen LogP contribution in [0.4, 0.5) is 5.69 Å². The van der Waals surface area contributed by atoms with Crippen molar-refractivity contribution in [1.29, 1.82) is 0 Å². The first-order valence-corrected chi connectivity index (χ1v) is 5.75. The van der Waals surface area contributed by atoms with Crippen LogP contribution in [0.5, 0.6) is 5.75 Å². The average Bonchev–Trinajstić information content (AvgIpc) is 2.30. The van der Waals surface area contributed by atoms with Gasteiger partial charge in [-0.3, -0.25) is 4.79 Å². The molecule has 0 saturated carbocycles. The van der Waals surface area contributed by atoms with Gasteiger partial charge in [0.05, 0.1) is 5.69 Å². The van der Waals surface area contributed by atoms with E-state index < -0.39 is 6.10 Å². The monoisotopic (exact) mass is 234 g/mol. The van der Waals surface area contributed by atoms with E-state index in [2.05, 4.69) is 24.5 Å². The van der Waals surface area contributed by atoms with E-state index in [1.807, 2.05) is 25.2 Å². The Kier molecular flexibility index (Phi) is 2.83. The van der Waals surface area contributed by atoms with Gasteiger partial charge in [-0.15, -0.1) is 0 Å². The number of rotatable bonds is 2. The number of amides is 1. The number of benzene rings is 1. The van der Waals surface area contributed by atoms with Crippen molar-refractivity contribution >= 4 is 11.6 Å². The number of ether oxygens (including phenoxy) is 1. The fraction of sp³-hybridized carbons (Fsp3) is 0.462. The fourth-order valence-corrected chi connectivity index (χ4v) is 1.73. The number of hydrogen-bond donors (Lipinski definition) is 2. The van der Waals surface area contributed by atoms with Crippen molar-refractivity contribution in [2.24, 2.45) is 0 Å². The van der Waals surface area contributed by atoms with Crippen LogP contribution in [0.2, 0.25) is 0 Å². The highest BCUT2D eigenvalue weighted by Gasteiger charge is 2.26. The smallest absolute Gasteiger partial charge is 0.265 e. The lowest BCUT2D eigenvalue weighted by Gasteiger charge is -2.28. The van der Waals surface area contributed by atoms with Gasteiger partial charge in [0.15, 0.2) is 6.10 Å². The molecule has 1 amide bonds. The first kappa shape index (κ1) is 11.9. The maximum atomic E-state index is 11.4. The highest BCUT2D eigenvalue weighted by molar-refractivity contribution is 5.97. The largest absolute Gasteiger partial charge is 0.479 e. The summed E-state index contributed by atoms with van der Waals surface area (Å²) < 4.78 is 5.58. The van der Waals surface area contributed by atoms with Gasteiger partial charge in [0, 0.05) is 5.54 Å². The molecule has 1 aliphatic rings. The molecule has 1 aromatic carbocycles. The minimum atomic E-state index is -0.435. The Bertz CT molecular complexity index is 455. The molecule has 1 atom stereocenters. The number of carbonyl (C=O) groups excluding carboxylic acids is 1. The van der Waals surface area contributed by atoms with Crippen LogP contribution in [0.3, 0.4) is 0 Å². The van der Waals surface area contributed by atoms with E-state index in [1.165, 1.54) is 0 Å². The number of fused-ring (bicyclic) bond motifs is 1. The molecule has 1 aromatic rings. The van der Waals surface area contributed by atoms with Crippen molar-refractivity contribution in [3.63, 3.8) is 0 Å². The van der Waals surface area contributed by atoms with Gasteiger partial charge in [0.2, 0.25) is 0 Å². The molecule has 0 fully saturated rings. The number of nitrogens with one attached hydrogen (secondary N) is 2. The van der Waals surface area contributed by atoms with Crippen molar-refractivity contribution < 1.29 is 9.53 Å². The molecule has 1 heterocycles. The molecule has 0 aromatic heterocycles. The van der Waals surface area contributed by atoms with Crippen LogP contribution >= 0.6 is 0 Å². The van der Waals surface area contributed by atoms with Crippen LogP contribution in [-0.2, 0) is 10.3 Å². The van der Waals surface area contributed by atoms with Crippen LogP contribution in [0.25, 0.3) is 0 Å². The zero-order chi connectivity index (χ0) is 12.6. The fourth-order valence-electron chi connectivity index (χ4n) is 1.73. The van der Waals surface area contributed by atoms with Crippen molar-refractivity contribution in [2.45, 2.75) is 32.4 Å². The third-order valence-electron chi connectivity index (χ3n) is 3.26. The van der Waals surface area contributed by atoms with E-state index in [4.69, 9.17) is 4.74 Å². The Labute approximate surface area is 101 Å². The third-order valence-corrected chi connectivity index (χ3v) is 3.26. The highest BCUT2D eigenvalue weighted by Crippen LogP contribution is 2.33. The molecule has 1 aliphatic heterocycles. The molecule has 0 saturated heterocycles. The summed E-state index contributed by atoms with van der Waals surface area (Å²) in [4.78, 5) is 11.4. The zero-order valence-corrected chi connectivity index (χ0v) is 10.6. The van der Waals surface area contributed by atoms with Crippen LogP contribution in [-0.4, -0.2) is 19.1 Å². The first-order valence-electron chi connectivity index (χ1n) is 5.75. The third kappa shape index (κ3) is 2.13. The molecule has 0 spiro atoms. The topological polar surface area (TPSA) is 50.4 Å². The molecule has 0 aliphatic carbocycles. The number of carbonyl (C=O) groups is 1. The molecule has 1 unspecified atom stereocenters. The molecule has 4 heteroatoms. The van der Waals surface area contributed by atoms with Gasteiger partial charge in [0.1, 0.15) is 5.75 Å². The summed E-state index contributed by atoms with van der Waals surface area (Å²) in [6, 6.07) is 5.85. The van der Waals surface area contributed by atoms with Gasteiger partial charge in [0.25, 0.3) is 5.91 Å². The lowest BCUT2D eigenvalue weighted by atomic mass is 9.94.